The van der Waals surface area contributed by atoms with E-state index in [4.69, 9.17) is 4.74 Å². The van der Waals surface area contributed by atoms with Crippen molar-refractivity contribution in [1.29, 1.82) is 0 Å². The smallest absolute Gasteiger partial charge is 0.119 e. The van der Waals surface area contributed by atoms with Crippen LogP contribution in [-0.4, -0.2) is 39.3 Å². The summed E-state index contributed by atoms with van der Waals surface area (Å²) in [7, 11) is 0. The van der Waals surface area contributed by atoms with Crippen LogP contribution in [0.4, 0.5) is 0 Å². The maximum absolute atomic E-state index is 10.1. The summed E-state index contributed by atoms with van der Waals surface area (Å²) in [5.41, 5.74) is -0.344. The summed E-state index contributed by atoms with van der Waals surface area (Å²) >= 11 is 0. The highest BCUT2D eigenvalue weighted by atomic mass is 16.5. The first-order valence-electron chi connectivity index (χ1n) is 9.10. The Kier molecular flexibility index (Phi) is 5.71. The Hall–Kier alpha value is -1.92. The molecule has 1 aliphatic rings. The molecule has 25 heavy (non-hydrogen) atoms. The Morgan fingerprint density at radius 1 is 1.24 bits per heavy atom. The van der Waals surface area contributed by atoms with Gasteiger partial charge in [0.2, 0.25) is 0 Å². The van der Waals surface area contributed by atoms with Crippen LogP contribution in [0, 0.1) is 0 Å². The van der Waals surface area contributed by atoms with Gasteiger partial charge in [-0.15, -0.1) is 5.10 Å². The minimum atomic E-state index is -0.959. The lowest BCUT2D eigenvalue weighted by atomic mass is 9.90. The predicted octanol–water partition coefficient (Wildman–Crippen LogP) is 2.66. The van der Waals surface area contributed by atoms with E-state index >= 15 is 0 Å². The maximum Gasteiger partial charge on any atom is 0.119 e. The van der Waals surface area contributed by atoms with Crippen molar-refractivity contribution in [3.63, 3.8) is 0 Å². The predicted molar refractivity (Wildman–Crippen MR) is 96.5 cm³/mol. The lowest BCUT2D eigenvalue weighted by molar-refractivity contribution is 0.0736. The number of para-hydroxylation sites is 1. The van der Waals surface area contributed by atoms with Gasteiger partial charge in [-0.25, -0.2) is 4.68 Å². The molecule has 1 aliphatic carbocycles. The van der Waals surface area contributed by atoms with Crippen LogP contribution in [0.25, 0.3) is 0 Å². The van der Waals surface area contributed by atoms with Crippen LogP contribution in [0.2, 0.25) is 0 Å². The fourth-order valence-electron chi connectivity index (χ4n) is 3.32. The van der Waals surface area contributed by atoms with E-state index in [1.54, 1.807) is 13.8 Å². The van der Waals surface area contributed by atoms with Crippen LogP contribution in [0.15, 0.2) is 36.5 Å². The van der Waals surface area contributed by atoms with Gasteiger partial charge in [-0.3, -0.25) is 0 Å². The van der Waals surface area contributed by atoms with E-state index in [1.807, 2.05) is 41.2 Å². The molecular weight excluding hydrogens is 316 g/mol. The molecule has 1 aromatic carbocycles. The van der Waals surface area contributed by atoms with Gasteiger partial charge in [0.1, 0.15) is 23.7 Å². The van der Waals surface area contributed by atoms with Crippen LogP contribution < -0.4 is 10.1 Å². The average Bonchev–Trinajstić information content (AvgIpc) is 3.10. The number of hydrogen-bond donors (Lipinski definition) is 2. The van der Waals surface area contributed by atoms with Gasteiger partial charge < -0.3 is 15.2 Å². The summed E-state index contributed by atoms with van der Waals surface area (Å²) in [6, 6.07) is 10.5. The first kappa shape index (κ1) is 17.9. The average molecular weight is 344 g/mol. The molecule has 2 atom stereocenters. The van der Waals surface area contributed by atoms with E-state index in [0.29, 0.717) is 18.3 Å². The van der Waals surface area contributed by atoms with Crippen LogP contribution in [0.5, 0.6) is 5.75 Å². The van der Waals surface area contributed by atoms with E-state index in [9.17, 15) is 5.11 Å². The summed E-state index contributed by atoms with van der Waals surface area (Å²) in [5, 5.41) is 22.1. The highest BCUT2D eigenvalue weighted by Gasteiger charge is 2.29. The topological polar surface area (TPSA) is 72.2 Å². The molecule has 0 aliphatic heterocycles. The third-order valence-electron chi connectivity index (χ3n) is 4.73. The summed E-state index contributed by atoms with van der Waals surface area (Å²) in [4.78, 5) is 0. The van der Waals surface area contributed by atoms with Crippen molar-refractivity contribution < 1.29 is 9.84 Å². The zero-order valence-corrected chi connectivity index (χ0v) is 15.1. The second-order valence-electron chi connectivity index (χ2n) is 7.22. The van der Waals surface area contributed by atoms with E-state index in [1.165, 1.54) is 12.8 Å². The second-order valence-corrected chi connectivity index (χ2v) is 7.22. The van der Waals surface area contributed by atoms with Gasteiger partial charge in [0.05, 0.1) is 12.2 Å². The molecular formula is C19H28N4O2. The number of benzene rings is 1. The van der Waals surface area contributed by atoms with Gasteiger partial charge in [0.15, 0.2) is 0 Å². The maximum atomic E-state index is 10.1. The fraction of sp³-hybridized carbons (Fsp3) is 0.579. The van der Waals surface area contributed by atoms with E-state index in [-0.39, 0.29) is 6.04 Å². The van der Waals surface area contributed by atoms with E-state index in [0.717, 1.165) is 25.1 Å². The molecule has 2 aromatic rings. The number of hydrogen-bond acceptors (Lipinski definition) is 5. The molecule has 6 nitrogen and oxygen atoms in total. The quantitative estimate of drug-likeness (QED) is 0.756. The van der Waals surface area contributed by atoms with Gasteiger partial charge in [-0.2, -0.15) is 0 Å². The molecule has 1 fully saturated rings. The fourth-order valence-corrected chi connectivity index (χ4v) is 3.32. The van der Waals surface area contributed by atoms with Crippen LogP contribution in [0.3, 0.4) is 0 Å². The van der Waals surface area contributed by atoms with Gasteiger partial charge >= 0.3 is 0 Å². The second kappa shape index (κ2) is 7.97. The number of rotatable bonds is 7. The van der Waals surface area contributed by atoms with E-state index in [2.05, 4.69) is 15.6 Å². The zero-order chi connectivity index (χ0) is 17.7. The van der Waals surface area contributed by atoms with Gasteiger partial charge in [-0.05, 0) is 38.8 Å². The molecule has 1 aromatic heterocycles. The third kappa shape index (κ3) is 4.80. The number of ether oxygens (including phenoxy) is 1. The minimum absolute atomic E-state index is 0.272. The van der Waals surface area contributed by atoms with Crippen molar-refractivity contribution in [3.8, 4) is 5.75 Å². The number of nitrogens with one attached hydrogen (secondary N) is 1. The normalized spacial score (nSPS) is 21.2. The monoisotopic (exact) mass is 344 g/mol. The molecule has 0 amide bonds. The molecule has 0 bridgehead atoms. The number of nitrogens with zero attached hydrogens (tertiary/aromatic N) is 3. The Labute approximate surface area is 149 Å². The molecule has 0 saturated heterocycles. The Bertz CT molecular complexity index is 651. The lowest BCUT2D eigenvalue weighted by Crippen LogP contribution is -2.41. The molecule has 136 valence electrons. The Morgan fingerprint density at radius 2 is 2.00 bits per heavy atom. The van der Waals surface area contributed by atoms with Crippen molar-refractivity contribution in [2.75, 3.05) is 13.2 Å². The van der Waals surface area contributed by atoms with Crippen molar-refractivity contribution in [2.24, 2.45) is 0 Å². The molecule has 1 heterocycles. The molecule has 0 unspecified atom stereocenters. The van der Waals surface area contributed by atoms with Gasteiger partial charge in [0, 0.05) is 12.6 Å². The van der Waals surface area contributed by atoms with Crippen LogP contribution >= 0.6 is 0 Å². The molecule has 0 spiro atoms. The highest BCUT2D eigenvalue weighted by Crippen LogP contribution is 2.29. The first-order chi connectivity index (χ1) is 12.0. The minimum Gasteiger partial charge on any atom is -0.492 e. The van der Waals surface area contributed by atoms with Crippen molar-refractivity contribution in [3.05, 3.63) is 42.2 Å². The highest BCUT2D eigenvalue weighted by molar-refractivity contribution is 5.20. The molecule has 6 heteroatoms. The van der Waals surface area contributed by atoms with Gasteiger partial charge in [0.25, 0.3) is 0 Å². The summed E-state index contributed by atoms with van der Waals surface area (Å²) in [6.07, 6.45) is 6.49. The Morgan fingerprint density at radius 3 is 2.72 bits per heavy atom. The van der Waals surface area contributed by atoms with Crippen molar-refractivity contribution in [1.82, 2.24) is 20.3 Å². The molecule has 1 saturated carbocycles. The Balaban J connectivity index is 1.55. The van der Waals surface area contributed by atoms with Gasteiger partial charge in [-0.1, -0.05) is 36.3 Å². The number of aliphatic hydroxyl groups is 1. The lowest BCUT2D eigenvalue weighted by Gasteiger charge is -2.32. The van der Waals surface area contributed by atoms with Crippen LogP contribution in [-0.2, 0) is 5.60 Å². The SMILES string of the molecule is CC(C)(O)c1cn([C@@H]2CCCC[C@@H]2NCCOc2ccccc2)nn1. The first-order valence-corrected chi connectivity index (χ1v) is 9.10. The summed E-state index contributed by atoms with van der Waals surface area (Å²) in [5.74, 6) is 0.899. The molecule has 2 N–H and O–H groups in total. The number of aromatic nitrogens is 3. The standard InChI is InChI=1S/C19H28N4O2/c1-19(2,24)18-14-23(22-21-18)17-11-7-6-10-16(17)20-12-13-25-15-8-4-3-5-9-15/h3-5,8-9,14,16-17,20,24H,6-7,10-13H2,1-2H3/t16-,17+/m0/s1. The van der Waals surface area contributed by atoms with Crippen molar-refractivity contribution >= 4 is 0 Å². The molecule has 3 rings (SSSR count). The molecule has 0 radical (unpaired) electrons. The zero-order valence-electron chi connectivity index (χ0n) is 15.1. The van der Waals surface area contributed by atoms with Crippen LogP contribution in [0.1, 0.15) is 51.3 Å². The third-order valence-corrected chi connectivity index (χ3v) is 4.73. The largest absolute Gasteiger partial charge is 0.492 e. The van der Waals surface area contributed by atoms with E-state index < -0.39 is 5.60 Å². The summed E-state index contributed by atoms with van der Waals surface area (Å²) in [6.45, 7) is 4.90. The summed E-state index contributed by atoms with van der Waals surface area (Å²) < 4.78 is 7.68. The van der Waals surface area contributed by atoms with Crippen molar-refractivity contribution in [2.45, 2.75) is 57.2 Å².